The third-order valence-electron chi connectivity index (χ3n) is 6.12. The lowest BCUT2D eigenvalue weighted by atomic mass is 9.94. The van der Waals surface area contributed by atoms with Crippen LogP contribution in [0.4, 0.5) is 0 Å². The molecule has 0 radical (unpaired) electrons. The first kappa shape index (κ1) is 29.3. The number of nitrogens with one attached hydrogen (secondary N) is 1. The fraction of sp³-hybridized carbons (Fsp3) is 0.333. The number of carbonyl (C=O) groups excluding carboxylic acids is 2. The molecule has 3 rings (SSSR count). The first-order valence-electron chi connectivity index (χ1n) is 12.9. The van der Waals surface area contributed by atoms with Crippen LogP contribution in [0.1, 0.15) is 44.2 Å². The molecule has 8 heteroatoms. The average molecular weight is 538 g/mol. The predicted octanol–water partition coefficient (Wildman–Crippen LogP) is 6.34. The fourth-order valence-corrected chi connectivity index (χ4v) is 6.41. The van der Waals surface area contributed by atoms with Gasteiger partial charge >= 0.3 is 13.6 Å². The van der Waals surface area contributed by atoms with Crippen LogP contribution < -0.4 is 5.32 Å². The zero-order chi connectivity index (χ0) is 27.4. The molecule has 0 saturated carbocycles. The van der Waals surface area contributed by atoms with Crippen LogP contribution >= 0.6 is 7.60 Å². The summed E-state index contributed by atoms with van der Waals surface area (Å²) in [5.41, 5.74) is 2.73. The van der Waals surface area contributed by atoms with E-state index in [1.807, 2.05) is 91.9 Å². The number of hydrogen-bond acceptors (Lipinski definition) is 6. The molecule has 0 unspecified atom stereocenters. The Hall–Kier alpha value is -3.25. The largest absolute Gasteiger partial charge is 0.461 e. The number of benzene rings is 3. The van der Waals surface area contributed by atoms with Gasteiger partial charge in [0, 0.05) is 12.5 Å². The SMILES string of the molecule is CCOP(=O)(OCC)[C@@H](C(=O)NCCC(=O)OCc1ccccc1)[C@@H](C)c1ccc(-c2ccccc2)cc1. The molecular formula is C30H36NO6P. The lowest BCUT2D eigenvalue weighted by Crippen LogP contribution is -2.39. The van der Waals surface area contributed by atoms with Gasteiger partial charge in [0.1, 0.15) is 12.3 Å². The first-order chi connectivity index (χ1) is 18.4. The van der Waals surface area contributed by atoms with Gasteiger partial charge in [-0.2, -0.15) is 0 Å². The number of hydrogen-bond donors (Lipinski definition) is 1. The van der Waals surface area contributed by atoms with Crippen LogP contribution in [0, 0.1) is 0 Å². The Morgan fingerprint density at radius 3 is 1.95 bits per heavy atom. The Kier molecular flexibility index (Phi) is 11.3. The van der Waals surface area contributed by atoms with Gasteiger partial charge in [-0.1, -0.05) is 91.9 Å². The van der Waals surface area contributed by atoms with Crippen LogP contribution in [0.3, 0.4) is 0 Å². The van der Waals surface area contributed by atoms with Gasteiger partial charge in [-0.15, -0.1) is 0 Å². The number of amides is 1. The van der Waals surface area contributed by atoms with Crippen LogP contribution in [0.15, 0.2) is 84.9 Å². The van der Waals surface area contributed by atoms with E-state index in [2.05, 4.69) is 5.32 Å². The monoisotopic (exact) mass is 537 g/mol. The Bertz CT molecular complexity index is 1190. The van der Waals surface area contributed by atoms with Crippen molar-refractivity contribution in [2.45, 2.75) is 45.4 Å². The van der Waals surface area contributed by atoms with Gasteiger partial charge in [-0.25, -0.2) is 0 Å². The van der Waals surface area contributed by atoms with Gasteiger partial charge < -0.3 is 19.1 Å². The summed E-state index contributed by atoms with van der Waals surface area (Å²) in [6, 6.07) is 27.1. The molecule has 0 saturated heterocycles. The van der Waals surface area contributed by atoms with E-state index >= 15 is 0 Å². The maximum atomic E-state index is 13.8. The zero-order valence-corrected chi connectivity index (χ0v) is 23.1. The molecule has 3 aromatic rings. The minimum atomic E-state index is -3.82. The molecule has 1 N–H and O–H groups in total. The van der Waals surface area contributed by atoms with Gasteiger partial charge in [-0.05, 0) is 36.1 Å². The van der Waals surface area contributed by atoms with Crippen LogP contribution in [-0.4, -0.2) is 37.3 Å². The highest BCUT2D eigenvalue weighted by atomic mass is 31.2. The van der Waals surface area contributed by atoms with E-state index in [0.29, 0.717) is 0 Å². The summed E-state index contributed by atoms with van der Waals surface area (Å²) >= 11 is 0. The first-order valence-corrected chi connectivity index (χ1v) is 14.5. The van der Waals surface area contributed by atoms with Gasteiger partial charge in [0.05, 0.1) is 19.6 Å². The van der Waals surface area contributed by atoms with E-state index in [1.165, 1.54) is 0 Å². The molecule has 0 bridgehead atoms. The molecule has 0 aliphatic rings. The average Bonchev–Trinajstić information content (AvgIpc) is 2.93. The van der Waals surface area contributed by atoms with Crippen LogP contribution in [-0.2, 0) is 34.5 Å². The Labute approximate surface area is 225 Å². The standard InChI is InChI=1S/C30H36NO6P/c1-4-36-38(34,37-5-2)29(23(3)25-16-18-27(19-17-25)26-14-10-7-11-15-26)30(33)31-21-20-28(32)35-22-24-12-8-6-9-13-24/h6-19,23,29H,4-5,20-22H2,1-3H3,(H,31,33)/t23-,29+/m0/s1. The molecule has 202 valence electrons. The maximum absolute atomic E-state index is 13.8. The van der Waals surface area contributed by atoms with Gasteiger partial charge in [-0.3, -0.25) is 14.2 Å². The number of esters is 1. The van der Waals surface area contributed by atoms with Crippen molar-refractivity contribution in [3.05, 3.63) is 96.1 Å². The van der Waals surface area contributed by atoms with Crippen molar-refractivity contribution in [3.63, 3.8) is 0 Å². The molecule has 0 fully saturated rings. The predicted molar refractivity (Wildman–Crippen MR) is 149 cm³/mol. The summed E-state index contributed by atoms with van der Waals surface area (Å²) in [5.74, 6) is -1.41. The molecular weight excluding hydrogens is 501 g/mol. The Morgan fingerprint density at radius 1 is 0.816 bits per heavy atom. The lowest BCUT2D eigenvalue weighted by molar-refractivity contribution is -0.144. The highest BCUT2D eigenvalue weighted by Crippen LogP contribution is 2.57. The van der Waals surface area contributed by atoms with Crippen molar-refractivity contribution in [1.29, 1.82) is 0 Å². The molecule has 0 spiro atoms. The van der Waals surface area contributed by atoms with E-state index in [1.54, 1.807) is 13.8 Å². The molecule has 1 amide bonds. The Morgan fingerprint density at radius 2 is 1.37 bits per heavy atom. The summed E-state index contributed by atoms with van der Waals surface area (Å²) < 4.78 is 30.3. The second-order valence-electron chi connectivity index (χ2n) is 8.78. The minimum absolute atomic E-state index is 0.0149. The van der Waals surface area contributed by atoms with Crippen molar-refractivity contribution in [3.8, 4) is 11.1 Å². The van der Waals surface area contributed by atoms with E-state index in [4.69, 9.17) is 13.8 Å². The van der Waals surface area contributed by atoms with Crippen molar-refractivity contribution in [2.75, 3.05) is 19.8 Å². The van der Waals surface area contributed by atoms with Crippen LogP contribution in [0.25, 0.3) is 11.1 Å². The van der Waals surface area contributed by atoms with Gasteiger partial charge in [0.15, 0.2) is 0 Å². The van der Waals surface area contributed by atoms with Crippen LogP contribution in [0.2, 0.25) is 0 Å². The number of carbonyl (C=O) groups is 2. The number of ether oxygens (including phenoxy) is 1. The minimum Gasteiger partial charge on any atom is -0.461 e. The fourth-order valence-electron chi connectivity index (χ4n) is 4.20. The second-order valence-corrected chi connectivity index (χ2v) is 10.9. The molecule has 2 atom stereocenters. The van der Waals surface area contributed by atoms with Crippen molar-refractivity contribution >= 4 is 19.5 Å². The third kappa shape index (κ3) is 8.12. The molecule has 0 aliphatic carbocycles. The summed E-state index contributed by atoms with van der Waals surface area (Å²) in [6.45, 7) is 5.72. The molecule has 0 heterocycles. The highest BCUT2D eigenvalue weighted by molar-refractivity contribution is 7.55. The topological polar surface area (TPSA) is 90.9 Å². The third-order valence-corrected chi connectivity index (χ3v) is 8.71. The summed E-state index contributed by atoms with van der Waals surface area (Å²) in [4.78, 5) is 25.6. The van der Waals surface area contributed by atoms with Crippen molar-refractivity contribution in [2.24, 2.45) is 0 Å². The highest BCUT2D eigenvalue weighted by Gasteiger charge is 2.45. The van der Waals surface area contributed by atoms with Crippen LogP contribution in [0.5, 0.6) is 0 Å². The molecule has 0 aromatic heterocycles. The number of rotatable bonds is 14. The van der Waals surface area contributed by atoms with Gasteiger partial charge in [0.25, 0.3) is 0 Å². The smallest absolute Gasteiger partial charge is 0.343 e. The van der Waals surface area contributed by atoms with Crippen molar-refractivity contribution < 1.29 is 27.9 Å². The lowest BCUT2D eigenvalue weighted by Gasteiger charge is -2.30. The quantitative estimate of drug-likeness (QED) is 0.191. The summed E-state index contributed by atoms with van der Waals surface area (Å²) in [5, 5.41) is 2.75. The Balaban J connectivity index is 1.71. The van der Waals surface area contributed by atoms with Crippen molar-refractivity contribution in [1.82, 2.24) is 5.32 Å². The summed E-state index contributed by atoms with van der Waals surface area (Å²) in [6.07, 6.45) is -0.0149. The second kappa shape index (κ2) is 14.6. The zero-order valence-electron chi connectivity index (χ0n) is 22.2. The normalized spacial score (nSPS) is 12.9. The van der Waals surface area contributed by atoms with Gasteiger partial charge in [0.2, 0.25) is 5.91 Å². The van der Waals surface area contributed by atoms with E-state index in [0.717, 1.165) is 22.3 Å². The van der Waals surface area contributed by atoms with E-state index in [-0.39, 0.29) is 32.8 Å². The molecule has 0 aliphatic heterocycles. The molecule has 38 heavy (non-hydrogen) atoms. The molecule has 7 nitrogen and oxygen atoms in total. The van der Waals surface area contributed by atoms with E-state index in [9.17, 15) is 14.2 Å². The summed E-state index contributed by atoms with van der Waals surface area (Å²) in [7, 11) is -3.82. The molecule has 3 aromatic carbocycles. The maximum Gasteiger partial charge on any atom is 0.343 e. The van der Waals surface area contributed by atoms with E-state index < -0.39 is 31.0 Å².